The number of nitrogens with two attached hydrogens (primary N) is 1. The van der Waals surface area contributed by atoms with Crippen LogP contribution in [0.1, 0.15) is 45.6 Å². The lowest BCUT2D eigenvalue weighted by Gasteiger charge is -2.25. The second-order valence-corrected chi connectivity index (χ2v) is 6.02. The van der Waals surface area contributed by atoms with Gasteiger partial charge >= 0.3 is 0 Å². The van der Waals surface area contributed by atoms with Crippen molar-refractivity contribution in [2.24, 2.45) is 5.73 Å². The molecule has 22 heavy (non-hydrogen) atoms. The van der Waals surface area contributed by atoms with E-state index in [0.29, 0.717) is 6.54 Å². The van der Waals surface area contributed by atoms with Crippen LogP contribution in [0.25, 0.3) is 0 Å². The fraction of sp³-hybridized carbons (Fsp3) is 0.611. The first-order valence-electron chi connectivity index (χ1n) is 8.37. The van der Waals surface area contributed by atoms with E-state index in [1.165, 1.54) is 12.8 Å². The molecule has 0 aromatic heterocycles. The van der Waals surface area contributed by atoms with Gasteiger partial charge in [-0.05, 0) is 51.4 Å². The predicted octanol–water partition coefficient (Wildman–Crippen LogP) is 2.49. The third-order valence-corrected chi connectivity index (χ3v) is 3.86. The molecule has 0 radical (unpaired) electrons. The smallest absolute Gasteiger partial charge is 0.244 e. The summed E-state index contributed by atoms with van der Waals surface area (Å²) in [5.74, 6) is -0.115. The zero-order valence-electron chi connectivity index (χ0n) is 14.3. The van der Waals surface area contributed by atoms with Gasteiger partial charge in [-0.1, -0.05) is 44.2 Å². The molecule has 4 nitrogen and oxygen atoms in total. The molecule has 4 heteroatoms. The first kappa shape index (κ1) is 18.7. The fourth-order valence-electron chi connectivity index (χ4n) is 2.57. The van der Waals surface area contributed by atoms with Crippen LogP contribution in [0.5, 0.6) is 0 Å². The standard InChI is InChI=1S/C18H31N3O/c1-4-13-21(14-5-2)15-9-12-20-17(22)18(3,19)16-10-7-6-8-11-16/h6-8,10-11H,4-5,9,12-15,19H2,1-3H3,(H,20,22). The number of rotatable bonds is 10. The van der Waals surface area contributed by atoms with E-state index < -0.39 is 5.54 Å². The molecule has 0 aliphatic carbocycles. The molecule has 1 rings (SSSR count). The topological polar surface area (TPSA) is 58.4 Å². The van der Waals surface area contributed by atoms with E-state index in [9.17, 15) is 4.79 Å². The lowest BCUT2D eigenvalue weighted by Crippen LogP contribution is -2.49. The first-order chi connectivity index (χ1) is 10.5. The maximum absolute atomic E-state index is 12.3. The molecule has 3 N–H and O–H groups in total. The Morgan fingerprint density at radius 3 is 2.27 bits per heavy atom. The number of nitrogens with zero attached hydrogens (tertiary/aromatic N) is 1. The van der Waals surface area contributed by atoms with Crippen LogP contribution >= 0.6 is 0 Å². The Hall–Kier alpha value is -1.39. The summed E-state index contributed by atoms with van der Waals surface area (Å²) in [5, 5.41) is 2.97. The Morgan fingerprint density at radius 2 is 1.73 bits per heavy atom. The van der Waals surface area contributed by atoms with Crippen molar-refractivity contribution in [2.75, 3.05) is 26.2 Å². The van der Waals surface area contributed by atoms with Crippen molar-refractivity contribution in [2.45, 2.75) is 45.6 Å². The molecule has 124 valence electrons. The molecule has 0 saturated carbocycles. The minimum Gasteiger partial charge on any atom is -0.354 e. The molecule has 0 aliphatic rings. The molecule has 1 aromatic carbocycles. The third-order valence-electron chi connectivity index (χ3n) is 3.86. The Balaban J connectivity index is 2.39. The van der Waals surface area contributed by atoms with E-state index in [0.717, 1.165) is 31.6 Å². The van der Waals surface area contributed by atoms with Gasteiger partial charge in [0.25, 0.3) is 0 Å². The zero-order chi connectivity index (χ0) is 16.4. The SMILES string of the molecule is CCCN(CCC)CCCNC(=O)C(C)(N)c1ccccc1. The van der Waals surface area contributed by atoms with Crippen LogP contribution in [0.15, 0.2) is 30.3 Å². The van der Waals surface area contributed by atoms with Crippen LogP contribution in [0.4, 0.5) is 0 Å². The summed E-state index contributed by atoms with van der Waals surface area (Å²) in [5.41, 5.74) is 6.06. The summed E-state index contributed by atoms with van der Waals surface area (Å²) in [6.45, 7) is 10.1. The Bertz CT molecular complexity index is 425. The minimum absolute atomic E-state index is 0.115. The summed E-state index contributed by atoms with van der Waals surface area (Å²) in [4.78, 5) is 14.8. The van der Waals surface area contributed by atoms with Crippen molar-refractivity contribution >= 4 is 5.91 Å². The molecule has 0 bridgehead atoms. The Labute approximate surface area is 135 Å². The molecule has 0 spiro atoms. The van der Waals surface area contributed by atoms with Gasteiger partial charge in [0, 0.05) is 6.54 Å². The minimum atomic E-state index is -0.978. The van der Waals surface area contributed by atoms with Crippen molar-refractivity contribution in [3.63, 3.8) is 0 Å². The van der Waals surface area contributed by atoms with Crippen LogP contribution in [0, 0.1) is 0 Å². The normalized spacial score (nSPS) is 13.9. The maximum atomic E-state index is 12.3. The van der Waals surface area contributed by atoms with Gasteiger partial charge in [-0.15, -0.1) is 0 Å². The molecule has 1 unspecified atom stereocenters. The number of amides is 1. The molecule has 0 fully saturated rings. The third kappa shape index (κ3) is 5.78. The van der Waals surface area contributed by atoms with Crippen LogP contribution < -0.4 is 11.1 Å². The summed E-state index contributed by atoms with van der Waals surface area (Å²) in [6, 6.07) is 9.52. The van der Waals surface area contributed by atoms with Gasteiger partial charge in [-0.25, -0.2) is 0 Å². The predicted molar refractivity (Wildman–Crippen MR) is 92.6 cm³/mol. The monoisotopic (exact) mass is 305 g/mol. The zero-order valence-corrected chi connectivity index (χ0v) is 14.3. The second kappa shape index (κ2) is 9.59. The fourth-order valence-corrected chi connectivity index (χ4v) is 2.57. The highest BCUT2D eigenvalue weighted by atomic mass is 16.2. The maximum Gasteiger partial charge on any atom is 0.244 e. The lowest BCUT2D eigenvalue weighted by atomic mass is 9.92. The number of hydrogen-bond acceptors (Lipinski definition) is 3. The Kier molecular flexibility index (Phi) is 8.13. The van der Waals surface area contributed by atoms with Crippen LogP contribution in [0.2, 0.25) is 0 Å². The van der Waals surface area contributed by atoms with Crippen molar-refractivity contribution in [1.82, 2.24) is 10.2 Å². The van der Waals surface area contributed by atoms with Crippen molar-refractivity contribution < 1.29 is 4.79 Å². The number of carbonyl (C=O) groups is 1. The van der Waals surface area contributed by atoms with Gasteiger partial charge in [0.2, 0.25) is 5.91 Å². The van der Waals surface area contributed by atoms with E-state index in [4.69, 9.17) is 5.73 Å². The van der Waals surface area contributed by atoms with E-state index in [1.54, 1.807) is 6.92 Å². The highest BCUT2D eigenvalue weighted by Gasteiger charge is 2.29. The molecule has 1 atom stereocenters. The lowest BCUT2D eigenvalue weighted by molar-refractivity contribution is -0.126. The number of nitrogens with one attached hydrogen (secondary N) is 1. The summed E-state index contributed by atoms with van der Waals surface area (Å²) in [6.07, 6.45) is 3.29. The van der Waals surface area contributed by atoms with E-state index in [1.807, 2.05) is 30.3 Å². The first-order valence-corrected chi connectivity index (χ1v) is 8.37. The van der Waals surface area contributed by atoms with Gasteiger partial charge in [-0.2, -0.15) is 0 Å². The number of carbonyl (C=O) groups excluding carboxylic acids is 1. The summed E-state index contributed by atoms with van der Waals surface area (Å²) < 4.78 is 0. The quantitative estimate of drug-likeness (QED) is 0.653. The Morgan fingerprint density at radius 1 is 1.14 bits per heavy atom. The van der Waals surface area contributed by atoms with Gasteiger partial charge in [0.05, 0.1) is 0 Å². The molecule has 1 aromatic rings. The molecule has 1 amide bonds. The van der Waals surface area contributed by atoms with E-state index in [2.05, 4.69) is 24.1 Å². The molecular formula is C18H31N3O. The van der Waals surface area contributed by atoms with Gasteiger partial charge in [-0.3, -0.25) is 4.79 Å². The molecule has 0 aliphatic heterocycles. The highest BCUT2D eigenvalue weighted by molar-refractivity contribution is 5.86. The molecule has 0 saturated heterocycles. The second-order valence-electron chi connectivity index (χ2n) is 6.02. The number of hydrogen-bond donors (Lipinski definition) is 2. The average molecular weight is 305 g/mol. The van der Waals surface area contributed by atoms with Crippen molar-refractivity contribution in [3.8, 4) is 0 Å². The van der Waals surface area contributed by atoms with Gasteiger partial charge in [0.1, 0.15) is 5.54 Å². The average Bonchev–Trinajstić information content (AvgIpc) is 2.52. The van der Waals surface area contributed by atoms with E-state index >= 15 is 0 Å². The van der Waals surface area contributed by atoms with Crippen molar-refractivity contribution in [3.05, 3.63) is 35.9 Å². The number of benzene rings is 1. The summed E-state index contributed by atoms with van der Waals surface area (Å²) in [7, 11) is 0. The van der Waals surface area contributed by atoms with Gasteiger partial charge in [0.15, 0.2) is 0 Å². The van der Waals surface area contributed by atoms with Gasteiger partial charge < -0.3 is 16.0 Å². The largest absolute Gasteiger partial charge is 0.354 e. The summed E-state index contributed by atoms with van der Waals surface area (Å²) >= 11 is 0. The molecular weight excluding hydrogens is 274 g/mol. The van der Waals surface area contributed by atoms with Crippen LogP contribution in [-0.2, 0) is 10.3 Å². The van der Waals surface area contributed by atoms with Crippen LogP contribution in [-0.4, -0.2) is 37.0 Å². The van der Waals surface area contributed by atoms with Crippen LogP contribution in [0.3, 0.4) is 0 Å². The molecule has 0 heterocycles. The highest BCUT2D eigenvalue weighted by Crippen LogP contribution is 2.17. The van der Waals surface area contributed by atoms with E-state index in [-0.39, 0.29) is 5.91 Å². The van der Waals surface area contributed by atoms with Crippen molar-refractivity contribution in [1.29, 1.82) is 0 Å².